The molecule has 0 N–H and O–H groups in total. The summed E-state index contributed by atoms with van der Waals surface area (Å²) in [4.78, 5) is 11.7. The summed E-state index contributed by atoms with van der Waals surface area (Å²) in [7, 11) is 0. The van der Waals surface area contributed by atoms with Crippen LogP contribution in [-0.2, 0) is 4.79 Å². The molecule has 2 aromatic rings. The zero-order valence-electron chi connectivity index (χ0n) is 13.4. The Kier molecular flexibility index (Phi) is 6.66. The number of benzene rings is 2. The molecule has 0 saturated heterocycles. The summed E-state index contributed by atoms with van der Waals surface area (Å²) in [6.45, 7) is 4.78. The van der Waals surface area contributed by atoms with Crippen molar-refractivity contribution in [2.45, 2.75) is 32.6 Å². The first-order valence-corrected chi connectivity index (χ1v) is 8.53. The molecule has 0 aliphatic heterocycles. The summed E-state index contributed by atoms with van der Waals surface area (Å²) < 4.78 is 11.9. The third-order valence-corrected chi connectivity index (χ3v) is 4.00. The number of carbonyl (C=O) groups excluding carboxylic acids is 1. The molecule has 122 valence electrons. The molecule has 0 bridgehead atoms. The molecular formula is C19H21BrO3. The Labute approximate surface area is 145 Å². The van der Waals surface area contributed by atoms with E-state index in [-0.39, 0.29) is 5.97 Å². The zero-order valence-corrected chi connectivity index (χ0v) is 15.0. The zero-order chi connectivity index (χ0) is 16.7. The van der Waals surface area contributed by atoms with Crippen molar-refractivity contribution < 1.29 is 14.3 Å². The minimum absolute atomic E-state index is 0.242. The van der Waals surface area contributed by atoms with Gasteiger partial charge in [-0.05, 0) is 58.1 Å². The number of hydrogen-bond acceptors (Lipinski definition) is 3. The standard InChI is InChI=1S/C19H21BrO3/c1-14(2)15-10-11-18(17(20)13-15)22-12-6-9-19(21)23-16-7-4-3-5-8-16/h3-5,7-8,10-11,13-14H,6,9,12H2,1-2H3. The first-order chi connectivity index (χ1) is 11.1. The molecule has 0 radical (unpaired) electrons. The Balaban J connectivity index is 1.74. The highest BCUT2D eigenvalue weighted by Crippen LogP contribution is 2.29. The Morgan fingerprint density at radius 3 is 2.52 bits per heavy atom. The molecule has 0 atom stereocenters. The minimum Gasteiger partial charge on any atom is -0.492 e. The first kappa shape index (κ1) is 17.5. The average Bonchev–Trinajstić information content (AvgIpc) is 2.53. The lowest BCUT2D eigenvalue weighted by atomic mass is 10.0. The summed E-state index contributed by atoms with van der Waals surface area (Å²) in [5.74, 6) is 1.61. The van der Waals surface area contributed by atoms with Crippen molar-refractivity contribution in [3.8, 4) is 11.5 Å². The fourth-order valence-corrected chi connectivity index (χ4v) is 2.57. The van der Waals surface area contributed by atoms with Crippen LogP contribution in [0.1, 0.15) is 38.2 Å². The van der Waals surface area contributed by atoms with Gasteiger partial charge in [0.05, 0.1) is 11.1 Å². The van der Waals surface area contributed by atoms with Crippen molar-refractivity contribution in [2.75, 3.05) is 6.61 Å². The number of para-hydroxylation sites is 1. The molecule has 0 spiro atoms. The van der Waals surface area contributed by atoms with Crippen molar-refractivity contribution in [3.05, 3.63) is 58.6 Å². The second-order valence-corrected chi connectivity index (χ2v) is 6.44. The van der Waals surface area contributed by atoms with Gasteiger partial charge in [0.25, 0.3) is 0 Å². The number of esters is 1. The average molecular weight is 377 g/mol. The van der Waals surface area contributed by atoms with Gasteiger partial charge in [-0.2, -0.15) is 0 Å². The number of halogens is 1. The van der Waals surface area contributed by atoms with Crippen LogP contribution in [0, 0.1) is 0 Å². The molecule has 4 heteroatoms. The lowest BCUT2D eigenvalue weighted by Gasteiger charge is -2.11. The van der Waals surface area contributed by atoms with Crippen molar-refractivity contribution in [3.63, 3.8) is 0 Å². The predicted octanol–water partition coefficient (Wildman–Crippen LogP) is 5.34. The van der Waals surface area contributed by atoms with E-state index in [1.165, 1.54) is 5.56 Å². The minimum atomic E-state index is -0.242. The fourth-order valence-electron chi connectivity index (χ4n) is 2.06. The Morgan fingerprint density at radius 1 is 1.13 bits per heavy atom. The van der Waals surface area contributed by atoms with Gasteiger partial charge < -0.3 is 9.47 Å². The molecule has 0 aliphatic carbocycles. The van der Waals surface area contributed by atoms with E-state index in [1.54, 1.807) is 12.1 Å². The molecule has 2 rings (SSSR count). The Hall–Kier alpha value is -1.81. The summed E-state index contributed by atoms with van der Waals surface area (Å²) in [6.07, 6.45) is 0.945. The van der Waals surface area contributed by atoms with Crippen molar-refractivity contribution in [2.24, 2.45) is 0 Å². The van der Waals surface area contributed by atoms with Crippen LogP contribution in [0.15, 0.2) is 53.0 Å². The van der Waals surface area contributed by atoms with E-state index in [0.717, 1.165) is 10.2 Å². The van der Waals surface area contributed by atoms with Crippen molar-refractivity contribution in [1.29, 1.82) is 0 Å². The molecule has 0 saturated carbocycles. The molecule has 2 aromatic carbocycles. The highest BCUT2D eigenvalue weighted by atomic mass is 79.9. The topological polar surface area (TPSA) is 35.5 Å². The highest BCUT2D eigenvalue weighted by molar-refractivity contribution is 9.10. The molecular weight excluding hydrogens is 356 g/mol. The SMILES string of the molecule is CC(C)c1ccc(OCCCC(=O)Oc2ccccc2)c(Br)c1. The first-order valence-electron chi connectivity index (χ1n) is 7.74. The van der Waals surface area contributed by atoms with Gasteiger partial charge in [0.1, 0.15) is 11.5 Å². The van der Waals surface area contributed by atoms with Gasteiger partial charge in [0, 0.05) is 6.42 Å². The molecule has 23 heavy (non-hydrogen) atoms. The Bertz CT molecular complexity index is 638. The van der Waals surface area contributed by atoms with E-state index in [0.29, 0.717) is 31.1 Å². The Morgan fingerprint density at radius 2 is 1.87 bits per heavy atom. The molecule has 3 nitrogen and oxygen atoms in total. The summed E-state index contributed by atoms with van der Waals surface area (Å²) in [5.41, 5.74) is 1.26. The maximum absolute atomic E-state index is 11.7. The van der Waals surface area contributed by atoms with E-state index in [9.17, 15) is 4.79 Å². The lowest BCUT2D eigenvalue weighted by molar-refractivity contribution is -0.134. The largest absolute Gasteiger partial charge is 0.492 e. The van der Waals surface area contributed by atoms with E-state index in [1.807, 2.05) is 24.3 Å². The van der Waals surface area contributed by atoms with Gasteiger partial charge in [-0.15, -0.1) is 0 Å². The molecule has 0 amide bonds. The highest BCUT2D eigenvalue weighted by Gasteiger charge is 2.07. The third kappa shape index (κ3) is 5.71. The van der Waals surface area contributed by atoms with Crippen LogP contribution in [0.5, 0.6) is 11.5 Å². The van der Waals surface area contributed by atoms with Gasteiger partial charge in [-0.25, -0.2) is 0 Å². The molecule has 0 aliphatic rings. The van der Waals surface area contributed by atoms with E-state index < -0.39 is 0 Å². The van der Waals surface area contributed by atoms with Gasteiger partial charge in [-0.1, -0.05) is 38.1 Å². The summed E-state index contributed by atoms with van der Waals surface area (Å²) in [5, 5.41) is 0. The van der Waals surface area contributed by atoms with E-state index in [2.05, 4.69) is 41.9 Å². The van der Waals surface area contributed by atoms with Gasteiger partial charge in [0.15, 0.2) is 0 Å². The van der Waals surface area contributed by atoms with Crippen LogP contribution in [-0.4, -0.2) is 12.6 Å². The number of ether oxygens (including phenoxy) is 2. The lowest BCUT2D eigenvalue weighted by Crippen LogP contribution is -2.10. The van der Waals surface area contributed by atoms with Crippen LogP contribution in [0.4, 0.5) is 0 Å². The van der Waals surface area contributed by atoms with Crippen LogP contribution < -0.4 is 9.47 Å². The maximum atomic E-state index is 11.7. The molecule has 0 unspecified atom stereocenters. The summed E-state index contributed by atoms with van der Waals surface area (Å²) in [6, 6.07) is 15.2. The van der Waals surface area contributed by atoms with Gasteiger partial charge >= 0.3 is 5.97 Å². The van der Waals surface area contributed by atoms with E-state index >= 15 is 0 Å². The predicted molar refractivity (Wildman–Crippen MR) is 95.0 cm³/mol. The molecule has 0 heterocycles. The normalized spacial score (nSPS) is 10.6. The van der Waals surface area contributed by atoms with Crippen molar-refractivity contribution in [1.82, 2.24) is 0 Å². The fraction of sp³-hybridized carbons (Fsp3) is 0.316. The van der Waals surface area contributed by atoms with Crippen LogP contribution in [0.25, 0.3) is 0 Å². The maximum Gasteiger partial charge on any atom is 0.311 e. The molecule has 0 fully saturated rings. The van der Waals surface area contributed by atoms with Crippen LogP contribution in [0.3, 0.4) is 0 Å². The summed E-state index contributed by atoms with van der Waals surface area (Å²) >= 11 is 3.52. The van der Waals surface area contributed by atoms with Crippen molar-refractivity contribution >= 4 is 21.9 Å². The van der Waals surface area contributed by atoms with Gasteiger partial charge in [0.2, 0.25) is 0 Å². The smallest absolute Gasteiger partial charge is 0.311 e. The van der Waals surface area contributed by atoms with Gasteiger partial charge in [-0.3, -0.25) is 4.79 Å². The third-order valence-electron chi connectivity index (χ3n) is 3.38. The second kappa shape index (κ2) is 8.73. The quantitative estimate of drug-likeness (QED) is 0.371. The number of carbonyl (C=O) groups is 1. The van der Waals surface area contributed by atoms with Crippen LogP contribution >= 0.6 is 15.9 Å². The number of rotatable bonds is 7. The second-order valence-electron chi connectivity index (χ2n) is 5.58. The van der Waals surface area contributed by atoms with Crippen LogP contribution in [0.2, 0.25) is 0 Å². The number of hydrogen-bond donors (Lipinski definition) is 0. The molecule has 0 aromatic heterocycles. The van der Waals surface area contributed by atoms with E-state index in [4.69, 9.17) is 9.47 Å². The monoisotopic (exact) mass is 376 g/mol.